The molecule has 4 aliphatic carbocycles. The summed E-state index contributed by atoms with van der Waals surface area (Å²) in [5, 5.41) is 1.98. The highest BCUT2D eigenvalue weighted by atomic mass is 16.5. The van der Waals surface area contributed by atoms with E-state index in [1.165, 1.54) is 56.9 Å². The molecule has 8 rings (SSSR count). The van der Waals surface area contributed by atoms with E-state index in [-0.39, 0.29) is 22.9 Å². The molecule has 8 atom stereocenters. The Bertz CT molecular complexity index is 2080. The van der Waals surface area contributed by atoms with E-state index in [1.807, 2.05) is 36.4 Å². The molecule has 3 saturated carbocycles. The number of carbonyl (C=O) groups excluding carboxylic acids is 2. The number of hydrogen-bond acceptors (Lipinski definition) is 7. The van der Waals surface area contributed by atoms with Crippen LogP contribution in [0.2, 0.25) is 0 Å². The number of allylic oxidation sites excluding steroid dienone is 1. The highest BCUT2D eigenvalue weighted by Crippen LogP contribution is 2.67. The smallest absolute Gasteiger partial charge is 0.343 e. The van der Waals surface area contributed by atoms with Crippen molar-refractivity contribution in [2.75, 3.05) is 33.0 Å². The molecule has 3 aromatic rings. The number of rotatable bonds is 20. The molecule has 4 fully saturated rings. The van der Waals surface area contributed by atoms with Crippen LogP contribution in [0.15, 0.2) is 72.3 Å². The molecule has 0 N–H and O–H groups in total. The van der Waals surface area contributed by atoms with E-state index in [0.29, 0.717) is 28.9 Å². The summed E-state index contributed by atoms with van der Waals surface area (Å²) in [4.78, 5) is 26.6. The summed E-state index contributed by atoms with van der Waals surface area (Å²) in [5.74, 6) is 5.36. The van der Waals surface area contributed by atoms with Gasteiger partial charge < -0.3 is 23.7 Å². The molecular weight excluding hydrogens is 797 g/mol. The Balaban J connectivity index is 0.769. The molecule has 1 aliphatic heterocycles. The Morgan fingerprint density at radius 3 is 2.16 bits per heavy atom. The first-order valence-electron chi connectivity index (χ1n) is 25.4. The van der Waals surface area contributed by atoms with Crippen LogP contribution in [0, 0.1) is 51.8 Å². The molecule has 8 unspecified atom stereocenters. The SMILES string of the molecule is CCC1(COCCCCCCOc2ccc3cc(OC(=O)c4ccc(C(=O)OC5CCC6(C)C(=CCC7C6CCC6(C)C(C(C)CCCC(C)C)CCC76)C5)cc4)ccc3c2)COC1. The Morgan fingerprint density at radius 1 is 0.750 bits per heavy atom. The van der Waals surface area contributed by atoms with Crippen LogP contribution in [-0.2, 0) is 14.2 Å². The minimum absolute atomic E-state index is 0.118. The predicted molar refractivity (Wildman–Crippen MR) is 256 cm³/mol. The Hall–Kier alpha value is -3.68. The normalized spacial score (nSPS) is 28.6. The monoisotopic (exact) mass is 875 g/mol. The van der Waals surface area contributed by atoms with Gasteiger partial charge in [-0.1, -0.05) is 91.0 Å². The zero-order chi connectivity index (χ0) is 44.9. The second-order valence-corrected chi connectivity index (χ2v) is 21.9. The van der Waals surface area contributed by atoms with Crippen LogP contribution in [0.5, 0.6) is 11.5 Å². The number of carbonyl (C=O) groups is 2. The fourth-order valence-electron chi connectivity index (χ4n) is 13.2. The van der Waals surface area contributed by atoms with Gasteiger partial charge >= 0.3 is 11.9 Å². The molecule has 0 radical (unpaired) electrons. The zero-order valence-electron chi connectivity index (χ0n) is 40.1. The van der Waals surface area contributed by atoms with Gasteiger partial charge in [0.15, 0.2) is 0 Å². The molecule has 7 heteroatoms. The van der Waals surface area contributed by atoms with Gasteiger partial charge in [-0.3, -0.25) is 0 Å². The molecule has 7 nitrogen and oxygen atoms in total. The molecule has 5 aliphatic rings. The lowest BCUT2D eigenvalue weighted by atomic mass is 9.47. The van der Waals surface area contributed by atoms with E-state index in [1.54, 1.807) is 24.3 Å². The largest absolute Gasteiger partial charge is 0.494 e. The van der Waals surface area contributed by atoms with Gasteiger partial charge in [0.05, 0.1) is 37.6 Å². The van der Waals surface area contributed by atoms with E-state index >= 15 is 0 Å². The van der Waals surface area contributed by atoms with E-state index in [2.05, 4.69) is 47.6 Å². The lowest BCUT2D eigenvalue weighted by Gasteiger charge is -2.58. The van der Waals surface area contributed by atoms with Crippen molar-refractivity contribution in [1.82, 2.24) is 0 Å². The van der Waals surface area contributed by atoms with Crippen molar-refractivity contribution in [2.24, 2.45) is 51.8 Å². The first kappa shape index (κ1) is 46.8. The predicted octanol–water partition coefficient (Wildman–Crippen LogP) is 14.0. The van der Waals surface area contributed by atoms with Crippen molar-refractivity contribution >= 4 is 22.7 Å². The summed E-state index contributed by atoms with van der Waals surface area (Å²) in [6.07, 6.45) is 21.5. The summed E-state index contributed by atoms with van der Waals surface area (Å²) in [7, 11) is 0. The van der Waals surface area contributed by atoms with E-state index in [9.17, 15) is 9.59 Å². The molecule has 0 spiro atoms. The second-order valence-electron chi connectivity index (χ2n) is 21.9. The fourth-order valence-corrected chi connectivity index (χ4v) is 13.2. The molecular formula is C57H78O7. The first-order valence-corrected chi connectivity index (χ1v) is 25.4. The summed E-state index contributed by atoms with van der Waals surface area (Å²) < 4.78 is 29.3. The topological polar surface area (TPSA) is 80.3 Å². The highest BCUT2D eigenvalue weighted by molar-refractivity contribution is 5.95. The summed E-state index contributed by atoms with van der Waals surface area (Å²) in [5.41, 5.74) is 3.31. The van der Waals surface area contributed by atoms with Crippen molar-refractivity contribution < 1.29 is 33.3 Å². The van der Waals surface area contributed by atoms with Gasteiger partial charge in [0, 0.05) is 18.4 Å². The van der Waals surface area contributed by atoms with Crippen molar-refractivity contribution in [3.8, 4) is 11.5 Å². The van der Waals surface area contributed by atoms with Crippen molar-refractivity contribution in [3.63, 3.8) is 0 Å². The summed E-state index contributed by atoms with van der Waals surface area (Å²) in [6, 6.07) is 18.3. The van der Waals surface area contributed by atoms with Crippen molar-refractivity contribution in [3.05, 3.63) is 83.4 Å². The van der Waals surface area contributed by atoms with E-state index < -0.39 is 5.97 Å². The molecule has 64 heavy (non-hydrogen) atoms. The third-order valence-electron chi connectivity index (χ3n) is 17.3. The van der Waals surface area contributed by atoms with Gasteiger partial charge in [-0.2, -0.15) is 0 Å². The third-order valence-corrected chi connectivity index (χ3v) is 17.3. The summed E-state index contributed by atoms with van der Waals surface area (Å²) in [6.45, 7) is 18.7. The lowest BCUT2D eigenvalue weighted by molar-refractivity contribution is -0.150. The second kappa shape index (κ2) is 20.5. The quantitative estimate of drug-likeness (QED) is 0.0484. The highest BCUT2D eigenvalue weighted by Gasteiger charge is 2.59. The number of benzene rings is 3. The van der Waals surface area contributed by atoms with Crippen LogP contribution in [0.25, 0.3) is 10.8 Å². The van der Waals surface area contributed by atoms with Gasteiger partial charge in [0.2, 0.25) is 0 Å². The molecule has 0 aromatic heterocycles. The number of unbranched alkanes of at least 4 members (excludes halogenated alkanes) is 3. The van der Waals surface area contributed by atoms with Gasteiger partial charge in [0.1, 0.15) is 17.6 Å². The average Bonchev–Trinajstić information content (AvgIpc) is 3.64. The van der Waals surface area contributed by atoms with Gasteiger partial charge in [-0.15, -0.1) is 0 Å². The van der Waals surface area contributed by atoms with E-state index in [0.717, 1.165) is 130 Å². The molecule has 1 heterocycles. The van der Waals surface area contributed by atoms with Crippen LogP contribution >= 0.6 is 0 Å². The van der Waals surface area contributed by atoms with Crippen LogP contribution < -0.4 is 9.47 Å². The van der Waals surface area contributed by atoms with Gasteiger partial charge in [-0.25, -0.2) is 9.59 Å². The third kappa shape index (κ3) is 10.3. The number of fused-ring (bicyclic) bond motifs is 6. The maximum Gasteiger partial charge on any atom is 0.343 e. The van der Waals surface area contributed by atoms with Gasteiger partial charge in [0.25, 0.3) is 0 Å². The van der Waals surface area contributed by atoms with Crippen molar-refractivity contribution in [2.45, 2.75) is 150 Å². The standard InChI is InChI=1S/C57H78O7/c1-7-57(37-61-38-57)36-60-31-10-8-9-11-32-62-46-22-19-44-34-47(23-20-43(44)33-46)63-53(58)41-15-17-42(18-16-41)54(59)64-48-27-29-55(5)45(35-48)21-24-49-51-26-25-50(40(4)14-12-13-39(2)3)56(51,6)30-28-52(49)55/h15-23,33-34,39-40,48-52H,7-14,24-32,35-38H2,1-6H3. The van der Waals surface area contributed by atoms with Crippen LogP contribution in [0.1, 0.15) is 165 Å². The minimum Gasteiger partial charge on any atom is -0.494 e. The first-order chi connectivity index (χ1) is 30.9. The number of hydrogen-bond donors (Lipinski definition) is 0. The van der Waals surface area contributed by atoms with Crippen LogP contribution in [0.4, 0.5) is 0 Å². The van der Waals surface area contributed by atoms with Crippen LogP contribution in [-0.4, -0.2) is 51.1 Å². The Morgan fingerprint density at radius 2 is 1.45 bits per heavy atom. The number of esters is 2. The fraction of sp³-hybridized carbons (Fsp3) is 0.649. The summed E-state index contributed by atoms with van der Waals surface area (Å²) >= 11 is 0. The Labute approximate surface area is 384 Å². The zero-order valence-corrected chi connectivity index (χ0v) is 40.1. The minimum atomic E-state index is -0.468. The molecule has 0 amide bonds. The van der Waals surface area contributed by atoms with Gasteiger partial charge in [-0.05, 0) is 176 Å². The molecule has 0 bridgehead atoms. The van der Waals surface area contributed by atoms with E-state index in [4.69, 9.17) is 23.7 Å². The molecule has 1 saturated heterocycles. The maximum atomic E-state index is 13.4. The number of ether oxygens (including phenoxy) is 5. The Kier molecular flexibility index (Phi) is 15.0. The molecule has 3 aromatic carbocycles. The lowest BCUT2D eigenvalue weighted by Crippen LogP contribution is -2.51. The molecule has 348 valence electrons. The maximum absolute atomic E-state index is 13.4. The van der Waals surface area contributed by atoms with Crippen molar-refractivity contribution in [1.29, 1.82) is 0 Å². The van der Waals surface area contributed by atoms with Crippen LogP contribution in [0.3, 0.4) is 0 Å². The average molecular weight is 875 g/mol.